The number of likely N-dealkylation sites (tertiary alicyclic amines) is 1. The monoisotopic (exact) mass is 196 g/mol. The van der Waals surface area contributed by atoms with Gasteiger partial charge in [-0.3, -0.25) is 4.90 Å². The van der Waals surface area contributed by atoms with E-state index in [1.54, 1.807) is 0 Å². The molecule has 0 aromatic rings. The van der Waals surface area contributed by atoms with Gasteiger partial charge in [0.2, 0.25) is 0 Å². The predicted molar refractivity (Wildman–Crippen MR) is 60.5 cm³/mol. The van der Waals surface area contributed by atoms with Gasteiger partial charge in [0.1, 0.15) is 0 Å². The fraction of sp³-hybridized carbons (Fsp3) is 1.00. The van der Waals surface area contributed by atoms with Crippen molar-refractivity contribution >= 4 is 0 Å². The molecule has 2 fully saturated rings. The number of hydrogen-bond donors (Lipinski definition) is 0. The van der Waals surface area contributed by atoms with Crippen LogP contribution in [-0.2, 0) is 0 Å². The summed E-state index contributed by atoms with van der Waals surface area (Å²) in [6, 6.07) is 1.49. The predicted octanol–water partition coefficient (Wildman–Crippen LogP) is 1.95. The van der Waals surface area contributed by atoms with Gasteiger partial charge in [-0.15, -0.1) is 0 Å². The molecule has 82 valence electrons. The van der Waals surface area contributed by atoms with Crippen LogP contribution in [-0.4, -0.2) is 47.1 Å². The maximum atomic E-state index is 2.67. The van der Waals surface area contributed by atoms with Crippen molar-refractivity contribution in [2.75, 3.05) is 19.6 Å². The highest BCUT2D eigenvalue weighted by molar-refractivity contribution is 5.10. The number of hydrogen-bond acceptors (Lipinski definition) is 2. The standard InChI is InChI=1S/C12H24N2/c1-10(2)13-7-5-12(6-8-13)9-14(12)11(3)4/h10-11H,5-9H2,1-4H3. The molecule has 1 unspecified atom stereocenters. The van der Waals surface area contributed by atoms with Gasteiger partial charge < -0.3 is 4.90 Å². The highest BCUT2D eigenvalue weighted by atomic mass is 15.4. The van der Waals surface area contributed by atoms with E-state index in [0.29, 0.717) is 5.54 Å². The van der Waals surface area contributed by atoms with Gasteiger partial charge in [0.05, 0.1) is 0 Å². The third kappa shape index (κ3) is 1.70. The molecule has 2 saturated heterocycles. The molecule has 2 heterocycles. The Bertz CT molecular complexity index is 202. The molecule has 14 heavy (non-hydrogen) atoms. The largest absolute Gasteiger partial charge is 0.301 e. The lowest BCUT2D eigenvalue weighted by molar-refractivity contribution is 0.140. The molecule has 2 aliphatic heterocycles. The molecule has 0 aromatic carbocycles. The molecule has 2 heteroatoms. The summed E-state index contributed by atoms with van der Waals surface area (Å²) >= 11 is 0. The molecule has 2 aliphatic rings. The minimum atomic E-state index is 0.625. The van der Waals surface area contributed by atoms with Crippen LogP contribution in [0, 0.1) is 0 Å². The first-order valence-electron chi connectivity index (χ1n) is 6.06. The van der Waals surface area contributed by atoms with E-state index in [0.717, 1.165) is 12.1 Å². The molecule has 1 atom stereocenters. The lowest BCUT2D eigenvalue weighted by Gasteiger charge is -2.35. The topological polar surface area (TPSA) is 6.25 Å². The minimum Gasteiger partial charge on any atom is -0.301 e. The Kier molecular flexibility index (Phi) is 2.61. The van der Waals surface area contributed by atoms with Crippen molar-refractivity contribution in [2.24, 2.45) is 0 Å². The maximum Gasteiger partial charge on any atom is 0.0364 e. The summed E-state index contributed by atoms with van der Waals surface area (Å²) < 4.78 is 0. The van der Waals surface area contributed by atoms with E-state index in [-0.39, 0.29) is 0 Å². The summed E-state index contributed by atoms with van der Waals surface area (Å²) in [5.74, 6) is 0. The Morgan fingerprint density at radius 2 is 1.50 bits per heavy atom. The summed E-state index contributed by atoms with van der Waals surface area (Å²) in [5, 5.41) is 0. The average molecular weight is 196 g/mol. The van der Waals surface area contributed by atoms with Gasteiger partial charge in [-0.1, -0.05) is 0 Å². The fourth-order valence-electron chi connectivity index (χ4n) is 2.91. The summed E-state index contributed by atoms with van der Waals surface area (Å²) in [5.41, 5.74) is 0.625. The molecule has 0 bridgehead atoms. The molecular weight excluding hydrogens is 172 g/mol. The number of nitrogens with zero attached hydrogens (tertiary/aromatic N) is 2. The van der Waals surface area contributed by atoms with Gasteiger partial charge in [0.25, 0.3) is 0 Å². The first-order valence-corrected chi connectivity index (χ1v) is 6.06. The zero-order valence-corrected chi connectivity index (χ0v) is 10.1. The van der Waals surface area contributed by atoms with Gasteiger partial charge >= 0.3 is 0 Å². The molecule has 1 spiro atoms. The van der Waals surface area contributed by atoms with Gasteiger partial charge in [-0.25, -0.2) is 0 Å². The van der Waals surface area contributed by atoms with Crippen molar-refractivity contribution < 1.29 is 0 Å². The Labute approximate surface area is 88.3 Å². The Morgan fingerprint density at radius 3 is 1.86 bits per heavy atom. The molecule has 0 aromatic heterocycles. The Hall–Kier alpha value is -0.0800. The molecule has 2 nitrogen and oxygen atoms in total. The molecule has 0 radical (unpaired) electrons. The van der Waals surface area contributed by atoms with E-state index in [1.165, 1.54) is 32.5 Å². The summed E-state index contributed by atoms with van der Waals surface area (Å²) in [6.45, 7) is 13.2. The molecular formula is C12H24N2. The van der Waals surface area contributed by atoms with Gasteiger partial charge in [-0.2, -0.15) is 0 Å². The van der Waals surface area contributed by atoms with Crippen LogP contribution >= 0.6 is 0 Å². The lowest BCUT2D eigenvalue weighted by Crippen LogP contribution is -2.43. The van der Waals surface area contributed by atoms with Crippen molar-refractivity contribution in [1.29, 1.82) is 0 Å². The quantitative estimate of drug-likeness (QED) is 0.623. The third-order valence-corrected chi connectivity index (χ3v) is 4.05. The van der Waals surface area contributed by atoms with Gasteiger partial charge in [0.15, 0.2) is 0 Å². The Morgan fingerprint density at radius 1 is 0.929 bits per heavy atom. The number of rotatable bonds is 2. The smallest absolute Gasteiger partial charge is 0.0364 e. The zero-order valence-electron chi connectivity index (χ0n) is 10.1. The van der Waals surface area contributed by atoms with Crippen molar-refractivity contribution in [1.82, 2.24) is 9.80 Å². The molecule has 0 saturated carbocycles. The summed E-state index contributed by atoms with van der Waals surface area (Å²) in [6.07, 6.45) is 2.78. The Balaban J connectivity index is 1.86. The van der Waals surface area contributed by atoms with Crippen LogP contribution in [0.1, 0.15) is 40.5 Å². The number of piperidine rings is 1. The van der Waals surface area contributed by atoms with Gasteiger partial charge in [0, 0.05) is 37.3 Å². The molecule has 0 amide bonds. The van der Waals surface area contributed by atoms with Crippen LogP contribution in [0.5, 0.6) is 0 Å². The average Bonchev–Trinajstić information content (AvgIpc) is 2.80. The van der Waals surface area contributed by atoms with Crippen LogP contribution < -0.4 is 0 Å². The molecule has 0 N–H and O–H groups in total. The molecule has 0 aliphatic carbocycles. The van der Waals surface area contributed by atoms with Crippen LogP contribution in [0.3, 0.4) is 0 Å². The maximum absolute atomic E-state index is 2.67. The van der Waals surface area contributed by atoms with Crippen molar-refractivity contribution in [3.8, 4) is 0 Å². The second-order valence-corrected chi connectivity index (χ2v) is 5.58. The van der Waals surface area contributed by atoms with E-state index in [9.17, 15) is 0 Å². The van der Waals surface area contributed by atoms with E-state index < -0.39 is 0 Å². The lowest BCUT2D eigenvalue weighted by atomic mass is 9.95. The normalized spacial score (nSPS) is 31.7. The third-order valence-electron chi connectivity index (χ3n) is 4.05. The second-order valence-electron chi connectivity index (χ2n) is 5.58. The van der Waals surface area contributed by atoms with Crippen LogP contribution in [0.15, 0.2) is 0 Å². The molecule has 2 rings (SSSR count). The highest BCUT2D eigenvalue weighted by Gasteiger charge is 2.53. The van der Waals surface area contributed by atoms with Crippen LogP contribution in [0.2, 0.25) is 0 Å². The highest BCUT2D eigenvalue weighted by Crippen LogP contribution is 2.43. The second kappa shape index (κ2) is 3.49. The van der Waals surface area contributed by atoms with Gasteiger partial charge in [-0.05, 0) is 40.5 Å². The van der Waals surface area contributed by atoms with E-state index in [1.807, 2.05) is 0 Å². The van der Waals surface area contributed by atoms with Crippen LogP contribution in [0.25, 0.3) is 0 Å². The minimum absolute atomic E-state index is 0.625. The zero-order chi connectivity index (χ0) is 10.3. The first kappa shape index (κ1) is 10.4. The van der Waals surface area contributed by atoms with Crippen LogP contribution in [0.4, 0.5) is 0 Å². The SMILES string of the molecule is CC(C)N1CCC2(CC1)CN2C(C)C. The van der Waals surface area contributed by atoms with Crippen molar-refractivity contribution in [2.45, 2.75) is 58.2 Å². The summed E-state index contributed by atoms with van der Waals surface area (Å²) in [7, 11) is 0. The van der Waals surface area contributed by atoms with Crippen molar-refractivity contribution in [3.05, 3.63) is 0 Å². The van der Waals surface area contributed by atoms with E-state index in [2.05, 4.69) is 37.5 Å². The van der Waals surface area contributed by atoms with Crippen molar-refractivity contribution in [3.63, 3.8) is 0 Å². The fourth-order valence-corrected chi connectivity index (χ4v) is 2.91. The first-order chi connectivity index (χ1) is 6.55. The summed E-state index contributed by atoms with van der Waals surface area (Å²) in [4.78, 5) is 5.28. The van der Waals surface area contributed by atoms with E-state index in [4.69, 9.17) is 0 Å². The van der Waals surface area contributed by atoms with E-state index >= 15 is 0 Å².